The molecule has 0 atom stereocenters. The lowest BCUT2D eigenvalue weighted by molar-refractivity contribution is 0.00982. The Kier molecular flexibility index (Phi) is 12.1. The van der Waals surface area contributed by atoms with E-state index < -0.39 is 0 Å². The van der Waals surface area contributed by atoms with E-state index in [0.29, 0.717) is 6.10 Å². The van der Waals surface area contributed by atoms with Crippen LogP contribution in [0.15, 0.2) is 35.3 Å². The molecule has 1 N–H and O–H groups in total. The lowest BCUT2D eigenvalue weighted by atomic mass is 9.74. The molecule has 1 aromatic carbocycles. The zero-order chi connectivity index (χ0) is 21.1. The molecule has 6 nitrogen and oxygen atoms in total. The Hall–Kier alpha value is -0.900. The van der Waals surface area contributed by atoms with Gasteiger partial charge in [-0.15, -0.1) is 24.0 Å². The molecule has 2 aliphatic rings. The number of hydrogen-bond donors (Lipinski definition) is 1. The SMILES string of the molecule is CCNC(=NCC1(c2ccccc2)CCOCC1)N1CCC(OCCCOC)CC1.I. The smallest absolute Gasteiger partial charge is 0.193 e. The molecule has 0 aromatic heterocycles. The van der Waals surface area contributed by atoms with Gasteiger partial charge in [0.2, 0.25) is 0 Å². The highest BCUT2D eigenvalue weighted by molar-refractivity contribution is 14.0. The highest BCUT2D eigenvalue weighted by atomic mass is 127. The molecular formula is C24H40IN3O3. The number of ether oxygens (including phenoxy) is 3. The fourth-order valence-electron chi connectivity index (χ4n) is 4.43. The molecule has 0 amide bonds. The summed E-state index contributed by atoms with van der Waals surface area (Å²) in [6, 6.07) is 10.9. The number of hydrogen-bond acceptors (Lipinski definition) is 4. The molecule has 0 aliphatic carbocycles. The first kappa shape index (κ1) is 26.4. The molecule has 0 spiro atoms. The average molecular weight is 546 g/mol. The van der Waals surface area contributed by atoms with Crippen molar-refractivity contribution in [3.8, 4) is 0 Å². The van der Waals surface area contributed by atoms with Gasteiger partial charge in [-0.1, -0.05) is 30.3 Å². The van der Waals surface area contributed by atoms with Gasteiger partial charge in [0.05, 0.1) is 12.6 Å². The Labute approximate surface area is 205 Å². The van der Waals surface area contributed by atoms with E-state index in [1.165, 1.54) is 5.56 Å². The standard InChI is InChI=1S/C24H39N3O3.HI/c1-3-25-23(27-14-10-22(11-15-27)30-17-7-16-28-2)26-20-24(12-18-29-19-13-24)21-8-5-4-6-9-21;/h4-6,8-9,22H,3,7,10-20H2,1-2H3,(H,25,26);1H. The minimum absolute atomic E-state index is 0. The van der Waals surface area contributed by atoms with Crippen LogP contribution in [0.5, 0.6) is 0 Å². The molecule has 2 aliphatic heterocycles. The highest BCUT2D eigenvalue weighted by Gasteiger charge is 2.34. The number of nitrogens with zero attached hydrogens (tertiary/aromatic N) is 2. The van der Waals surface area contributed by atoms with Crippen LogP contribution in [0.2, 0.25) is 0 Å². The van der Waals surface area contributed by atoms with Gasteiger partial charge in [-0.25, -0.2) is 0 Å². The lowest BCUT2D eigenvalue weighted by Crippen LogP contribution is -2.48. The van der Waals surface area contributed by atoms with E-state index in [2.05, 4.69) is 47.5 Å². The molecule has 2 heterocycles. The number of rotatable bonds is 9. The Morgan fingerprint density at radius 3 is 2.52 bits per heavy atom. The number of likely N-dealkylation sites (tertiary alicyclic amines) is 1. The third kappa shape index (κ3) is 7.87. The Morgan fingerprint density at radius 1 is 1.16 bits per heavy atom. The van der Waals surface area contributed by atoms with Crippen molar-refractivity contribution >= 4 is 29.9 Å². The van der Waals surface area contributed by atoms with Crippen molar-refractivity contribution in [2.24, 2.45) is 4.99 Å². The maximum absolute atomic E-state index is 6.02. The minimum Gasteiger partial charge on any atom is -0.385 e. The van der Waals surface area contributed by atoms with Crippen LogP contribution in [0.25, 0.3) is 0 Å². The molecule has 1 aromatic rings. The summed E-state index contributed by atoms with van der Waals surface area (Å²) in [5, 5.41) is 3.52. The minimum atomic E-state index is 0. The number of halogens is 1. The molecule has 2 fully saturated rings. The zero-order valence-corrected chi connectivity index (χ0v) is 21.5. The van der Waals surface area contributed by atoms with Gasteiger partial charge in [0.25, 0.3) is 0 Å². The van der Waals surface area contributed by atoms with Crippen molar-refractivity contribution in [1.29, 1.82) is 0 Å². The molecule has 2 saturated heterocycles. The molecule has 0 unspecified atom stereocenters. The Balaban J connectivity index is 0.00000341. The summed E-state index contributed by atoms with van der Waals surface area (Å²) in [5.74, 6) is 1.04. The third-order valence-corrected chi connectivity index (χ3v) is 6.29. The Bertz CT molecular complexity index is 630. The van der Waals surface area contributed by atoms with Crippen molar-refractivity contribution < 1.29 is 14.2 Å². The van der Waals surface area contributed by atoms with E-state index >= 15 is 0 Å². The van der Waals surface area contributed by atoms with Gasteiger partial charge in [0.15, 0.2) is 5.96 Å². The lowest BCUT2D eigenvalue weighted by Gasteiger charge is -2.38. The van der Waals surface area contributed by atoms with Crippen molar-refractivity contribution in [1.82, 2.24) is 10.2 Å². The maximum atomic E-state index is 6.02. The van der Waals surface area contributed by atoms with Crippen LogP contribution in [0, 0.1) is 0 Å². The summed E-state index contributed by atoms with van der Waals surface area (Å²) in [6.45, 7) is 8.98. The molecular weight excluding hydrogens is 505 g/mol. The molecule has 0 saturated carbocycles. The zero-order valence-electron chi connectivity index (χ0n) is 19.2. The van der Waals surface area contributed by atoms with Gasteiger partial charge in [-0.3, -0.25) is 4.99 Å². The van der Waals surface area contributed by atoms with Crippen molar-refractivity contribution in [3.05, 3.63) is 35.9 Å². The van der Waals surface area contributed by atoms with Gasteiger partial charge in [0.1, 0.15) is 0 Å². The number of guanidine groups is 1. The number of aliphatic imine (C=N–C) groups is 1. The number of benzene rings is 1. The fraction of sp³-hybridized carbons (Fsp3) is 0.708. The maximum Gasteiger partial charge on any atom is 0.193 e. The topological polar surface area (TPSA) is 55.3 Å². The van der Waals surface area contributed by atoms with E-state index in [4.69, 9.17) is 19.2 Å². The van der Waals surface area contributed by atoms with Crippen molar-refractivity contribution in [2.45, 2.75) is 50.5 Å². The Morgan fingerprint density at radius 2 is 1.87 bits per heavy atom. The number of methoxy groups -OCH3 is 1. The van der Waals surface area contributed by atoms with Crippen LogP contribution in [-0.4, -0.2) is 76.7 Å². The first-order chi connectivity index (χ1) is 14.8. The fourth-order valence-corrected chi connectivity index (χ4v) is 4.43. The summed E-state index contributed by atoms with van der Waals surface area (Å²) >= 11 is 0. The van der Waals surface area contributed by atoms with E-state index in [0.717, 1.165) is 90.7 Å². The molecule has 0 radical (unpaired) electrons. The van der Waals surface area contributed by atoms with E-state index in [1.54, 1.807) is 7.11 Å². The number of nitrogens with one attached hydrogen (secondary N) is 1. The van der Waals surface area contributed by atoms with Crippen LogP contribution < -0.4 is 5.32 Å². The van der Waals surface area contributed by atoms with Crippen molar-refractivity contribution in [3.63, 3.8) is 0 Å². The van der Waals surface area contributed by atoms with Crippen LogP contribution in [0.3, 0.4) is 0 Å². The predicted molar refractivity (Wildman–Crippen MR) is 137 cm³/mol. The molecule has 176 valence electrons. The average Bonchev–Trinajstić information content (AvgIpc) is 2.81. The molecule has 3 rings (SSSR count). The second-order valence-electron chi connectivity index (χ2n) is 8.33. The van der Waals surface area contributed by atoms with E-state index in [9.17, 15) is 0 Å². The van der Waals surface area contributed by atoms with Gasteiger partial charge < -0.3 is 24.4 Å². The van der Waals surface area contributed by atoms with Crippen LogP contribution in [0.4, 0.5) is 0 Å². The predicted octanol–water partition coefficient (Wildman–Crippen LogP) is 3.84. The summed E-state index contributed by atoms with van der Waals surface area (Å²) < 4.78 is 16.8. The second-order valence-corrected chi connectivity index (χ2v) is 8.33. The van der Waals surface area contributed by atoms with Gasteiger partial charge >= 0.3 is 0 Å². The summed E-state index contributed by atoms with van der Waals surface area (Å²) in [7, 11) is 1.74. The van der Waals surface area contributed by atoms with E-state index in [-0.39, 0.29) is 29.4 Å². The van der Waals surface area contributed by atoms with Crippen LogP contribution in [-0.2, 0) is 19.6 Å². The molecule has 7 heteroatoms. The van der Waals surface area contributed by atoms with Gasteiger partial charge in [-0.05, 0) is 44.6 Å². The normalized spacial score (nSPS) is 19.7. The van der Waals surface area contributed by atoms with Gasteiger partial charge in [-0.2, -0.15) is 0 Å². The van der Waals surface area contributed by atoms with Crippen LogP contribution >= 0.6 is 24.0 Å². The summed E-state index contributed by atoms with van der Waals surface area (Å²) in [6.07, 6.45) is 5.47. The third-order valence-electron chi connectivity index (χ3n) is 6.29. The summed E-state index contributed by atoms with van der Waals surface area (Å²) in [5.41, 5.74) is 1.46. The van der Waals surface area contributed by atoms with Crippen molar-refractivity contribution in [2.75, 3.05) is 59.7 Å². The molecule has 0 bridgehead atoms. The van der Waals surface area contributed by atoms with E-state index in [1.807, 2.05) is 0 Å². The van der Waals surface area contributed by atoms with Gasteiger partial charge in [0, 0.05) is 58.6 Å². The highest BCUT2D eigenvalue weighted by Crippen LogP contribution is 2.35. The first-order valence-corrected chi connectivity index (χ1v) is 11.5. The quantitative estimate of drug-likeness (QED) is 0.221. The largest absolute Gasteiger partial charge is 0.385 e. The number of piperidine rings is 1. The van der Waals surface area contributed by atoms with Crippen LogP contribution in [0.1, 0.15) is 44.6 Å². The molecule has 31 heavy (non-hydrogen) atoms. The monoisotopic (exact) mass is 545 g/mol. The second kappa shape index (κ2) is 14.3. The first-order valence-electron chi connectivity index (χ1n) is 11.5. The summed E-state index contributed by atoms with van der Waals surface area (Å²) in [4.78, 5) is 7.54.